The molecule has 0 bridgehead atoms. The molecular weight excluding hydrogens is 1310 g/mol. The SMILES string of the molecule is CCCCCCC/C=C\C/C=C\C/C=C\CCCCCCCCCCCCCCC(=O)NC(COC1OC(CO)C(OC2OC(CO)C(OC3OC(CO)C(O)C(O)C3O)C(O)C2O)C(O)C1O)C(O)/C=C/CC/C=C/CCCCCCCCCCCCCCCCCCCCCCCCCCC. The summed E-state index contributed by atoms with van der Waals surface area (Å²) in [4.78, 5) is 13.5. The van der Waals surface area contributed by atoms with Gasteiger partial charge in [0.2, 0.25) is 5.91 Å². The van der Waals surface area contributed by atoms with E-state index in [2.05, 4.69) is 67.8 Å². The van der Waals surface area contributed by atoms with E-state index in [1.54, 1.807) is 6.08 Å². The van der Waals surface area contributed by atoms with Crippen LogP contribution in [0.25, 0.3) is 0 Å². The Balaban J connectivity index is 1.38. The van der Waals surface area contributed by atoms with Gasteiger partial charge in [0.05, 0.1) is 38.6 Å². The second kappa shape index (κ2) is 64.3. The molecule has 3 rings (SSSR count). The Hall–Kier alpha value is -2.51. The quantitative estimate of drug-likeness (QED) is 0.0199. The van der Waals surface area contributed by atoms with Gasteiger partial charge in [-0.05, 0) is 70.6 Å². The first-order chi connectivity index (χ1) is 50.3. The summed E-state index contributed by atoms with van der Waals surface area (Å²) in [6, 6.07) is -0.996. The minimum absolute atomic E-state index is 0.232. The lowest BCUT2D eigenvalue weighted by Crippen LogP contribution is -2.66. The van der Waals surface area contributed by atoms with Gasteiger partial charge in [-0.15, -0.1) is 0 Å². The van der Waals surface area contributed by atoms with Gasteiger partial charge in [-0.1, -0.05) is 319 Å². The van der Waals surface area contributed by atoms with Gasteiger partial charge in [-0.2, -0.15) is 0 Å². The fourth-order valence-electron chi connectivity index (χ4n) is 14.0. The van der Waals surface area contributed by atoms with Crippen molar-refractivity contribution in [3.05, 3.63) is 60.8 Å². The van der Waals surface area contributed by atoms with Gasteiger partial charge in [0, 0.05) is 6.42 Å². The van der Waals surface area contributed by atoms with E-state index in [-0.39, 0.29) is 18.9 Å². The molecule has 12 N–H and O–H groups in total. The van der Waals surface area contributed by atoms with Crippen LogP contribution < -0.4 is 5.32 Å². The Kier molecular flexibility index (Phi) is 59.1. The average molecular weight is 1470 g/mol. The maximum atomic E-state index is 13.5. The third-order valence-electron chi connectivity index (χ3n) is 20.8. The minimum atomic E-state index is -1.98. The molecule has 19 nitrogen and oxygen atoms in total. The Labute approximate surface area is 624 Å². The van der Waals surface area contributed by atoms with Gasteiger partial charge in [0.15, 0.2) is 18.9 Å². The third kappa shape index (κ3) is 44.1. The van der Waals surface area contributed by atoms with Crippen LogP contribution in [0.2, 0.25) is 0 Å². The molecule has 0 spiro atoms. The van der Waals surface area contributed by atoms with Crippen LogP contribution >= 0.6 is 0 Å². The molecule has 1 amide bonds. The topological polar surface area (TPSA) is 307 Å². The molecule has 3 aliphatic rings. The molecule has 602 valence electrons. The molecule has 3 aliphatic heterocycles. The Morgan fingerprint density at radius 2 is 0.650 bits per heavy atom. The highest BCUT2D eigenvalue weighted by Gasteiger charge is 2.54. The van der Waals surface area contributed by atoms with E-state index in [4.69, 9.17) is 28.4 Å². The molecule has 0 radical (unpaired) electrons. The normalized spacial score (nSPS) is 26.3. The molecule has 3 saturated heterocycles. The smallest absolute Gasteiger partial charge is 0.220 e. The largest absolute Gasteiger partial charge is 0.394 e. The molecule has 0 saturated carbocycles. The van der Waals surface area contributed by atoms with Crippen LogP contribution in [0, 0.1) is 0 Å². The lowest BCUT2D eigenvalue weighted by molar-refractivity contribution is -0.379. The fourth-order valence-corrected chi connectivity index (χ4v) is 14.0. The number of hydrogen-bond donors (Lipinski definition) is 12. The Morgan fingerprint density at radius 1 is 0.350 bits per heavy atom. The number of hydrogen-bond acceptors (Lipinski definition) is 18. The van der Waals surface area contributed by atoms with Crippen LogP contribution in [0.1, 0.15) is 335 Å². The lowest BCUT2D eigenvalue weighted by atomic mass is 9.96. The van der Waals surface area contributed by atoms with Gasteiger partial charge >= 0.3 is 0 Å². The summed E-state index contributed by atoms with van der Waals surface area (Å²) in [5.41, 5.74) is 0. The highest BCUT2D eigenvalue weighted by molar-refractivity contribution is 5.76. The van der Waals surface area contributed by atoms with Crippen molar-refractivity contribution in [1.82, 2.24) is 5.32 Å². The van der Waals surface area contributed by atoms with Crippen molar-refractivity contribution in [3.8, 4) is 0 Å². The number of nitrogens with one attached hydrogen (secondary N) is 1. The summed E-state index contributed by atoms with van der Waals surface area (Å²) in [6.07, 6.45) is 56.4. The summed E-state index contributed by atoms with van der Waals surface area (Å²) >= 11 is 0. The van der Waals surface area contributed by atoms with E-state index in [0.717, 1.165) is 57.8 Å². The maximum absolute atomic E-state index is 13.5. The summed E-state index contributed by atoms with van der Waals surface area (Å²) in [5.74, 6) is -0.285. The lowest BCUT2D eigenvalue weighted by Gasteiger charge is -2.48. The Morgan fingerprint density at radius 3 is 1.04 bits per heavy atom. The van der Waals surface area contributed by atoms with Crippen molar-refractivity contribution < 1.29 is 89.4 Å². The van der Waals surface area contributed by atoms with Gasteiger partial charge in [0.1, 0.15) is 73.2 Å². The fraction of sp³-hybridized carbons (Fsp3) is 0.869. The van der Waals surface area contributed by atoms with Crippen LogP contribution in [0.3, 0.4) is 0 Å². The van der Waals surface area contributed by atoms with Crippen molar-refractivity contribution in [2.75, 3.05) is 26.4 Å². The molecule has 103 heavy (non-hydrogen) atoms. The second-order valence-corrected chi connectivity index (χ2v) is 29.9. The summed E-state index contributed by atoms with van der Waals surface area (Å²) in [7, 11) is 0. The summed E-state index contributed by atoms with van der Waals surface area (Å²) in [6.45, 7) is 1.75. The number of carbonyl (C=O) groups excluding carboxylic acids is 1. The zero-order valence-corrected chi connectivity index (χ0v) is 64.5. The molecule has 0 aromatic rings. The number of aliphatic hydroxyl groups excluding tert-OH is 11. The van der Waals surface area contributed by atoms with Gasteiger partial charge in [-0.25, -0.2) is 0 Å². The predicted octanol–water partition coefficient (Wildman–Crippen LogP) is 14.6. The number of aliphatic hydroxyl groups is 11. The van der Waals surface area contributed by atoms with Crippen molar-refractivity contribution in [2.45, 2.75) is 439 Å². The van der Waals surface area contributed by atoms with Crippen molar-refractivity contribution in [2.24, 2.45) is 0 Å². The summed E-state index contributed by atoms with van der Waals surface area (Å²) < 4.78 is 34.5. The molecular formula is C84H153NO18. The van der Waals surface area contributed by atoms with Gasteiger partial charge < -0.3 is 89.9 Å². The van der Waals surface area contributed by atoms with Crippen molar-refractivity contribution in [3.63, 3.8) is 0 Å². The minimum Gasteiger partial charge on any atom is -0.394 e. The first-order valence-electron chi connectivity index (χ1n) is 42.0. The van der Waals surface area contributed by atoms with Crippen molar-refractivity contribution >= 4 is 5.91 Å². The van der Waals surface area contributed by atoms with E-state index in [1.165, 1.54) is 244 Å². The van der Waals surface area contributed by atoms with Crippen LogP contribution in [-0.2, 0) is 33.2 Å². The molecule has 0 aliphatic carbocycles. The number of unbranched alkanes of at least 4 members (excludes halogenated alkanes) is 43. The molecule has 19 heteroatoms. The number of rotatable bonds is 67. The molecule has 0 aromatic heterocycles. The standard InChI is InChI=1S/C84H153NO18/c1-3-5-7-9-11-13-15-17-19-21-23-25-27-29-31-32-33-34-36-37-39-41-43-45-47-49-51-53-55-57-59-61-68(89)67(85-72(90)62-60-58-56-54-52-50-48-46-44-42-40-38-35-30-28-26-24-22-20-18-16-14-12-10-8-6-4-2)66-98-82-78(96)75(93)80(70(64-87)100-82)103-84-79(97)76(94)81(71(65-88)101-84)102-83-77(95)74(92)73(91)69(63-86)99-83/h16,18,22,24,28,30,51,53,59,61,67-71,73-84,86-89,91-97H,3-15,17,19-21,23,25-27,29,31-50,52,54-58,60,62-66H2,1-2H3,(H,85,90)/b18-16-,24-22-,30-28-,53-51+,61-59+. The maximum Gasteiger partial charge on any atom is 0.220 e. The molecule has 3 heterocycles. The van der Waals surface area contributed by atoms with Crippen LogP contribution in [0.4, 0.5) is 0 Å². The van der Waals surface area contributed by atoms with E-state index in [9.17, 15) is 61.0 Å². The first kappa shape index (κ1) is 94.7. The molecule has 3 fully saturated rings. The van der Waals surface area contributed by atoms with Crippen LogP contribution in [-0.4, -0.2) is 193 Å². The first-order valence-corrected chi connectivity index (χ1v) is 42.0. The number of allylic oxidation sites excluding steroid dienone is 9. The molecule has 17 unspecified atom stereocenters. The van der Waals surface area contributed by atoms with Crippen molar-refractivity contribution in [1.29, 1.82) is 0 Å². The van der Waals surface area contributed by atoms with E-state index >= 15 is 0 Å². The van der Waals surface area contributed by atoms with Crippen LogP contribution in [0.5, 0.6) is 0 Å². The Bertz CT molecular complexity index is 2090. The molecule has 17 atom stereocenters. The highest BCUT2D eigenvalue weighted by atomic mass is 16.8. The third-order valence-corrected chi connectivity index (χ3v) is 20.8. The van der Waals surface area contributed by atoms with Gasteiger partial charge in [-0.3, -0.25) is 4.79 Å². The average Bonchev–Trinajstić information content (AvgIpc) is 0.781. The predicted molar refractivity (Wildman–Crippen MR) is 411 cm³/mol. The van der Waals surface area contributed by atoms with E-state index in [0.29, 0.717) is 12.8 Å². The number of amides is 1. The molecule has 0 aromatic carbocycles. The van der Waals surface area contributed by atoms with E-state index in [1.807, 2.05) is 6.08 Å². The highest BCUT2D eigenvalue weighted by Crippen LogP contribution is 2.33. The second-order valence-electron chi connectivity index (χ2n) is 29.9. The number of carbonyl (C=O) groups is 1. The summed E-state index contributed by atoms with van der Waals surface area (Å²) in [5, 5.41) is 121. The monoisotopic (exact) mass is 1460 g/mol. The van der Waals surface area contributed by atoms with E-state index < -0.39 is 124 Å². The van der Waals surface area contributed by atoms with Crippen LogP contribution in [0.15, 0.2) is 60.8 Å². The van der Waals surface area contributed by atoms with Gasteiger partial charge in [0.25, 0.3) is 0 Å². The zero-order chi connectivity index (χ0) is 74.6. The zero-order valence-electron chi connectivity index (χ0n) is 64.5. The number of ether oxygens (including phenoxy) is 6.